The number of ether oxygens (including phenoxy) is 1. The van der Waals surface area contributed by atoms with Gasteiger partial charge >= 0.3 is 0 Å². The number of nitrogens with one attached hydrogen (secondary N) is 1. The predicted molar refractivity (Wildman–Crippen MR) is 139 cm³/mol. The molecule has 0 unspecified atom stereocenters. The third kappa shape index (κ3) is 4.82. The van der Waals surface area contributed by atoms with E-state index in [0.29, 0.717) is 31.7 Å². The number of amides is 1. The monoisotopic (exact) mass is 513 g/mol. The van der Waals surface area contributed by atoms with E-state index in [1.807, 2.05) is 60.7 Å². The molecule has 5 rings (SSSR count). The molecule has 0 spiro atoms. The molecule has 1 amide bonds. The van der Waals surface area contributed by atoms with Gasteiger partial charge in [-0.25, -0.2) is 4.98 Å². The van der Waals surface area contributed by atoms with Gasteiger partial charge in [-0.1, -0.05) is 70.5 Å². The van der Waals surface area contributed by atoms with Crippen molar-refractivity contribution in [3.63, 3.8) is 0 Å². The standard InChI is InChI=1S/C28H24BrN3O2/c29-22-10-5-9-21(19-22)28(33)30-16-15-27-31-24-12-3-4-13-25(24)32(27)17-18-34-26-14-6-8-20-7-1-2-11-23(20)26/h1-14,19H,15-18H2,(H,30,33). The molecule has 34 heavy (non-hydrogen) atoms. The Morgan fingerprint density at radius 3 is 2.65 bits per heavy atom. The van der Waals surface area contributed by atoms with Crippen LogP contribution in [0.4, 0.5) is 0 Å². The number of carbonyl (C=O) groups excluding carboxylic acids is 1. The van der Waals surface area contributed by atoms with Crippen molar-refractivity contribution in [2.45, 2.75) is 13.0 Å². The Morgan fingerprint density at radius 1 is 0.941 bits per heavy atom. The minimum absolute atomic E-state index is 0.0942. The first-order chi connectivity index (χ1) is 16.7. The molecule has 1 N–H and O–H groups in total. The Balaban J connectivity index is 1.28. The van der Waals surface area contributed by atoms with E-state index in [4.69, 9.17) is 9.72 Å². The highest BCUT2D eigenvalue weighted by Gasteiger charge is 2.12. The highest BCUT2D eigenvalue weighted by atomic mass is 79.9. The molecule has 0 radical (unpaired) electrons. The molecule has 0 fully saturated rings. The molecule has 5 nitrogen and oxygen atoms in total. The average molecular weight is 514 g/mol. The van der Waals surface area contributed by atoms with Crippen molar-refractivity contribution in [3.05, 3.63) is 107 Å². The summed E-state index contributed by atoms with van der Waals surface area (Å²) in [6, 6.07) is 29.8. The first-order valence-corrected chi connectivity index (χ1v) is 12.1. The SMILES string of the molecule is O=C(NCCc1nc2ccccc2n1CCOc1cccc2ccccc12)c1cccc(Br)c1. The van der Waals surface area contributed by atoms with Gasteiger partial charge in [0.2, 0.25) is 0 Å². The number of benzene rings is 4. The molecule has 4 aromatic carbocycles. The number of imidazole rings is 1. The third-order valence-corrected chi connectivity index (χ3v) is 6.27. The van der Waals surface area contributed by atoms with Crippen LogP contribution in [0.15, 0.2) is 95.5 Å². The molecule has 0 saturated heterocycles. The number of hydrogen-bond donors (Lipinski definition) is 1. The second-order valence-electron chi connectivity index (χ2n) is 8.01. The molecule has 0 aliphatic heterocycles. The lowest BCUT2D eigenvalue weighted by molar-refractivity contribution is 0.0954. The zero-order valence-corrected chi connectivity index (χ0v) is 20.2. The van der Waals surface area contributed by atoms with Crippen molar-refractivity contribution in [2.75, 3.05) is 13.2 Å². The highest BCUT2D eigenvalue weighted by Crippen LogP contribution is 2.25. The fourth-order valence-electron chi connectivity index (χ4n) is 4.15. The van der Waals surface area contributed by atoms with E-state index in [2.05, 4.69) is 50.1 Å². The van der Waals surface area contributed by atoms with Gasteiger partial charge in [0.15, 0.2) is 0 Å². The Kier molecular flexibility index (Phi) is 6.58. The van der Waals surface area contributed by atoms with Crippen LogP contribution in [0.3, 0.4) is 0 Å². The second-order valence-corrected chi connectivity index (χ2v) is 8.93. The van der Waals surface area contributed by atoms with Crippen LogP contribution in [-0.4, -0.2) is 28.6 Å². The van der Waals surface area contributed by atoms with Crippen LogP contribution in [0.25, 0.3) is 21.8 Å². The summed E-state index contributed by atoms with van der Waals surface area (Å²) in [7, 11) is 0. The number of aromatic nitrogens is 2. The van der Waals surface area contributed by atoms with Crippen LogP contribution in [0.1, 0.15) is 16.2 Å². The van der Waals surface area contributed by atoms with Crippen molar-refractivity contribution >= 4 is 43.6 Å². The molecule has 0 bridgehead atoms. The van der Waals surface area contributed by atoms with Gasteiger partial charge in [0.25, 0.3) is 5.91 Å². The average Bonchev–Trinajstić information content (AvgIpc) is 3.21. The highest BCUT2D eigenvalue weighted by molar-refractivity contribution is 9.10. The van der Waals surface area contributed by atoms with Crippen LogP contribution >= 0.6 is 15.9 Å². The molecular formula is C28H24BrN3O2. The number of halogens is 1. The molecule has 1 heterocycles. The number of carbonyl (C=O) groups is 1. The lowest BCUT2D eigenvalue weighted by Crippen LogP contribution is -2.26. The maximum atomic E-state index is 12.5. The Bertz CT molecular complexity index is 1460. The molecule has 170 valence electrons. The van der Waals surface area contributed by atoms with Crippen LogP contribution in [0, 0.1) is 0 Å². The second kappa shape index (κ2) is 10.1. The fourth-order valence-corrected chi connectivity index (χ4v) is 4.55. The van der Waals surface area contributed by atoms with Gasteiger partial charge in [0, 0.05) is 28.4 Å². The predicted octanol–water partition coefficient (Wildman–Crippen LogP) is 6.00. The molecule has 0 aliphatic carbocycles. The van der Waals surface area contributed by atoms with E-state index in [0.717, 1.165) is 37.9 Å². The van der Waals surface area contributed by atoms with Gasteiger partial charge in [0.1, 0.15) is 18.2 Å². The summed E-state index contributed by atoms with van der Waals surface area (Å²) in [5.41, 5.74) is 2.64. The molecule has 5 aromatic rings. The molecule has 1 aromatic heterocycles. The zero-order valence-electron chi connectivity index (χ0n) is 18.6. The van der Waals surface area contributed by atoms with Crippen molar-refractivity contribution in [1.29, 1.82) is 0 Å². The number of fused-ring (bicyclic) bond motifs is 2. The molecule has 6 heteroatoms. The quantitative estimate of drug-likeness (QED) is 0.276. The van der Waals surface area contributed by atoms with E-state index >= 15 is 0 Å². The smallest absolute Gasteiger partial charge is 0.251 e. The summed E-state index contributed by atoms with van der Waals surface area (Å²) in [5.74, 6) is 1.71. The molecule has 0 atom stereocenters. The van der Waals surface area contributed by atoms with Crippen LogP contribution < -0.4 is 10.1 Å². The number of para-hydroxylation sites is 2. The molecular weight excluding hydrogens is 490 g/mol. The summed E-state index contributed by atoms with van der Waals surface area (Å²) >= 11 is 3.41. The molecule has 0 saturated carbocycles. The minimum atomic E-state index is -0.0942. The van der Waals surface area contributed by atoms with Crippen LogP contribution in [0.5, 0.6) is 5.75 Å². The summed E-state index contributed by atoms with van der Waals surface area (Å²) in [6.07, 6.45) is 0.628. The third-order valence-electron chi connectivity index (χ3n) is 5.78. The van der Waals surface area contributed by atoms with E-state index in [1.165, 1.54) is 0 Å². The summed E-state index contributed by atoms with van der Waals surface area (Å²) in [6.45, 7) is 1.68. The van der Waals surface area contributed by atoms with E-state index < -0.39 is 0 Å². The lowest BCUT2D eigenvalue weighted by atomic mass is 10.1. The van der Waals surface area contributed by atoms with Crippen molar-refractivity contribution in [3.8, 4) is 5.75 Å². The number of hydrogen-bond acceptors (Lipinski definition) is 3. The van der Waals surface area contributed by atoms with E-state index in [1.54, 1.807) is 6.07 Å². The first kappa shape index (κ1) is 22.2. The summed E-state index contributed by atoms with van der Waals surface area (Å²) < 4.78 is 9.25. The Labute approximate surface area is 206 Å². The summed E-state index contributed by atoms with van der Waals surface area (Å²) in [4.78, 5) is 17.3. The van der Waals surface area contributed by atoms with E-state index in [9.17, 15) is 4.79 Å². The Morgan fingerprint density at radius 2 is 1.74 bits per heavy atom. The fraction of sp³-hybridized carbons (Fsp3) is 0.143. The van der Waals surface area contributed by atoms with Gasteiger partial charge in [-0.15, -0.1) is 0 Å². The first-order valence-electron chi connectivity index (χ1n) is 11.3. The summed E-state index contributed by atoms with van der Waals surface area (Å²) in [5, 5.41) is 5.27. The minimum Gasteiger partial charge on any atom is -0.491 e. The number of nitrogens with zero attached hydrogens (tertiary/aromatic N) is 2. The van der Waals surface area contributed by atoms with Crippen LogP contribution in [-0.2, 0) is 13.0 Å². The van der Waals surface area contributed by atoms with Crippen molar-refractivity contribution in [2.24, 2.45) is 0 Å². The molecule has 0 aliphatic rings. The van der Waals surface area contributed by atoms with E-state index in [-0.39, 0.29) is 5.91 Å². The normalized spacial score (nSPS) is 11.1. The van der Waals surface area contributed by atoms with Crippen molar-refractivity contribution in [1.82, 2.24) is 14.9 Å². The maximum Gasteiger partial charge on any atom is 0.251 e. The lowest BCUT2D eigenvalue weighted by Gasteiger charge is -2.13. The van der Waals surface area contributed by atoms with Gasteiger partial charge < -0.3 is 14.6 Å². The maximum absolute atomic E-state index is 12.5. The Hall–Kier alpha value is -3.64. The van der Waals surface area contributed by atoms with Crippen LogP contribution in [0.2, 0.25) is 0 Å². The van der Waals surface area contributed by atoms with Gasteiger partial charge in [-0.05, 0) is 41.8 Å². The largest absolute Gasteiger partial charge is 0.491 e. The van der Waals surface area contributed by atoms with Gasteiger partial charge in [0.05, 0.1) is 17.6 Å². The van der Waals surface area contributed by atoms with Gasteiger partial charge in [-0.2, -0.15) is 0 Å². The van der Waals surface area contributed by atoms with Gasteiger partial charge in [-0.3, -0.25) is 4.79 Å². The zero-order chi connectivity index (χ0) is 23.3. The number of rotatable bonds is 8. The topological polar surface area (TPSA) is 56.2 Å². The van der Waals surface area contributed by atoms with Crippen molar-refractivity contribution < 1.29 is 9.53 Å².